The van der Waals surface area contributed by atoms with E-state index < -0.39 is 0 Å². The maximum absolute atomic E-state index is 12.6. The molecule has 1 amide bonds. The quantitative estimate of drug-likeness (QED) is 0.746. The van der Waals surface area contributed by atoms with Gasteiger partial charge in [0.05, 0.1) is 23.9 Å². The van der Waals surface area contributed by atoms with Crippen LogP contribution in [0.25, 0.3) is 0 Å². The second-order valence-electron chi connectivity index (χ2n) is 7.16. The van der Waals surface area contributed by atoms with Crippen molar-refractivity contribution in [2.45, 2.75) is 56.8 Å². The van der Waals surface area contributed by atoms with Gasteiger partial charge in [-0.2, -0.15) is 5.10 Å². The molecule has 8 heteroatoms. The van der Waals surface area contributed by atoms with Gasteiger partial charge in [-0.05, 0) is 32.1 Å². The largest absolute Gasteiger partial charge is 0.381 e. The fourth-order valence-corrected chi connectivity index (χ4v) is 4.06. The first-order chi connectivity index (χ1) is 12.7. The number of nitrogens with zero attached hydrogens (tertiary/aromatic N) is 2. The highest BCUT2D eigenvalue weighted by molar-refractivity contribution is 6.30. The molecule has 0 aromatic carbocycles. The molecule has 3 rings (SSSR count). The van der Waals surface area contributed by atoms with Crippen molar-refractivity contribution in [2.75, 3.05) is 26.9 Å². The van der Waals surface area contributed by atoms with Crippen molar-refractivity contribution in [1.82, 2.24) is 20.4 Å². The number of amides is 1. The van der Waals surface area contributed by atoms with Gasteiger partial charge in [0.25, 0.3) is 0 Å². The Morgan fingerprint density at radius 3 is 2.88 bits per heavy atom. The van der Waals surface area contributed by atoms with E-state index in [9.17, 15) is 4.79 Å². The van der Waals surface area contributed by atoms with Crippen LogP contribution in [-0.4, -0.2) is 60.7 Å². The summed E-state index contributed by atoms with van der Waals surface area (Å²) in [5.41, 5.74) is 0. The fraction of sp³-hybridized carbons (Fsp3) is 0.778. The Hall–Kier alpha value is -1.15. The normalized spacial score (nSPS) is 27.4. The zero-order valence-electron chi connectivity index (χ0n) is 15.3. The number of carbonyl (C=O) groups is 1. The number of hydrogen-bond donors (Lipinski definition) is 2. The van der Waals surface area contributed by atoms with Gasteiger partial charge in [-0.3, -0.25) is 9.48 Å². The van der Waals surface area contributed by atoms with Crippen LogP contribution in [0.5, 0.6) is 0 Å². The Bertz CT molecular complexity index is 577. The number of aromatic nitrogens is 2. The van der Waals surface area contributed by atoms with Gasteiger partial charge in [0, 0.05) is 51.1 Å². The molecule has 0 radical (unpaired) electrons. The summed E-state index contributed by atoms with van der Waals surface area (Å²) >= 11 is 5.85. The summed E-state index contributed by atoms with van der Waals surface area (Å²) in [4.78, 5) is 12.6. The second kappa shape index (κ2) is 9.69. The van der Waals surface area contributed by atoms with E-state index in [2.05, 4.69) is 15.7 Å². The average Bonchev–Trinajstić information content (AvgIpc) is 3.07. The Kier molecular flexibility index (Phi) is 7.31. The van der Waals surface area contributed by atoms with Crippen molar-refractivity contribution < 1.29 is 14.3 Å². The number of rotatable bonds is 7. The topological polar surface area (TPSA) is 77.4 Å². The maximum atomic E-state index is 12.6. The summed E-state index contributed by atoms with van der Waals surface area (Å²) in [6, 6.07) is 0.676. The van der Waals surface area contributed by atoms with Crippen molar-refractivity contribution in [3.05, 3.63) is 17.4 Å². The minimum atomic E-state index is 0.0277. The molecule has 7 nitrogen and oxygen atoms in total. The van der Waals surface area contributed by atoms with Crippen LogP contribution in [0.1, 0.15) is 32.1 Å². The first kappa shape index (κ1) is 19.6. The molecule has 26 heavy (non-hydrogen) atoms. The van der Waals surface area contributed by atoms with Crippen LogP contribution >= 0.6 is 11.6 Å². The van der Waals surface area contributed by atoms with Crippen molar-refractivity contribution in [3.63, 3.8) is 0 Å². The first-order valence-electron chi connectivity index (χ1n) is 9.48. The molecule has 0 spiro atoms. The third-order valence-corrected chi connectivity index (χ3v) is 5.57. The van der Waals surface area contributed by atoms with Crippen molar-refractivity contribution in [1.29, 1.82) is 0 Å². The Morgan fingerprint density at radius 1 is 1.38 bits per heavy atom. The van der Waals surface area contributed by atoms with E-state index in [-0.39, 0.29) is 24.0 Å². The lowest BCUT2D eigenvalue weighted by Gasteiger charge is -2.38. The molecule has 146 valence electrons. The van der Waals surface area contributed by atoms with E-state index in [0.717, 1.165) is 45.3 Å². The monoisotopic (exact) mass is 384 g/mol. The van der Waals surface area contributed by atoms with Crippen molar-refractivity contribution >= 4 is 17.5 Å². The summed E-state index contributed by atoms with van der Waals surface area (Å²) < 4.78 is 12.8. The number of hydrogen-bond acceptors (Lipinski definition) is 5. The van der Waals surface area contributed by atoms with E-state index in [1.165, 1.54) is 0 Å². The van der Waals surface area contributed by atoms with Crippen molar-refractivity contribution in [2.24, 2.45) is 5.92 Å². The molecule has 1 saturated carbocycles. The van der Waals surface area contributed by atoms with Gasteiger partial charge in [-0.25, -0.2) is 0 Å². The summed E-state index contributed by atoms with van der Waals surface area (Å²) in [7, 11) is 1.76. The van der Waals surface area contributed by atoms with Crippen LogP contribution < -0.4 is 10.6 Å². The molecule has 2 aliphatic rings. The van der Waals surface area contributed by atoms with Crippen LogP contribution in [0.3, 0.4) is 0 Å². The van der Waals surface area contributed by atoms with Crippen LogP contribution in [0.4, 0.5) is 0 Å². The number of halogens is 1. The third-order valence-electron chi connectivity index (χ3n) is 5.37. The second-order valence-corrected chi connectivity index (χ2v) is 7.59. The molecule has 0 bridgehead atoms. The van der Waals surface area contributed by atoms with Crippen LogP contribution in [0.2, 0.25) is 5.02 Å². The molecule has 1 saturated heterocycles. The standard InChI is InChI=1S/C18H29ClN4O3/c1-25-17-3-2-13(10-16(17)22-15-4-8-26-9-5-15)18(24)20-6-7-23-12-14(19)11-21-23/h11-13,15-17,22H,2-10H2,1H3,(H,20,24)/t13-,16+,17+/m0/s1. The molecule has 1 aliphatic carbocycles. The Morgan fingerprint density at radius 2 is 2.19 bits per heavy atom. The van der Waals surface area contributed by atoms with Gasteiger partial charge in [0.15, 0.2) is 0 Å². The number of carbonyl (C=O) groups excluding carboxylic acids is 1. The van der Waals surface area contributed by atoms with E-state index >= 15 is 0 Å². The third kappa shape index (κ3) is 5.42. The maximum Gasteiger partial charge on any atom is 0.223 e. The van der Waals surface area contributed by atoms with E-state index in [1.54, 1.807) is 24.2 Å². The summed E-state index contributed by atoms with van der Waals surface area (Å²) in [5.74, 6) is 0.150. The molecule has 1 aromatic heterocycles. The Balaban J connectivity index is 1.46. The highest BCUT2D eigenvalue weighted by Crippen LogP contribution is 2.27. The molecule has 1 aliphatic heterocycles. The lowest BCUT2D eigenvalue weighted by atomic mass is 9.82. The molecular formula is C18H29ClN4O3. The zero-order chi connectivity index (χ0) is 18.4. The molecule has 0 unspecified atom stereocenters. The minimum Gasteiger partial charge on any atom is -0.381 e. The summed E-state index contributed by atoms with van der Waals surface area (Å²) in [6.45, 7) is 2.79. The average molecular weight is 385 g/mol. The van der Waals surface area contributed by atoms with Gasteiger partial charge in [-0.15, -0.1) is 0 Å². The lowest BCUT2D eigenvalue weighted by Crippen LogP contribution is -2.52. The van der Waals surface area contributed by atoms with Gasteiger partial charge in [0.2, 0.25) is 5.91 Å². The van der Waals surface area contributed by atoms with E-state index in [0.29, 0.717) is 24.2 Å². The van der Waals surface area contributed by atoms with Crippen molar-refractivity contribution in [3.8, 4) is 0 Å². The summed E-state index contributed by atoms with van der Waals surface area (Å²) in [6.07, 6.45) is 8.16. The lowest BCUT2D eigenvalue weighted by molar-refractivity contribution is -0.127. The Labute approximate surface area is 159 Å². The van der Waals surface area contributed by atoms with E-state index in [1.807, 2.05) is 0 Å². The SMILES string of the molecule is CO[C@@H]1CC[C@H](C(=O)NCCn2cc(Cl)cn2)C[C@H]1NC1CCOCC1. The molecule has 2 heterocycles. The first-order valence-corrected chi connectivity index (χ1v) is 9.85. The van der Waals surface area contributed by atoms with E-state index in [4.69, 9.17) is 21.1 Å². The number of nitrogens with one attached hydrogen (secondary N) is 2. The smallest absolute Gasteiger partial charge is 0.223 e. The van der Waals surface area contributed by atoms with Gasteiger partial charge >= 0.3 is 0 Å². The van der Waals surface area contributed by atoms with Gasteiger partial charge in [0.1, 0.15) is 0 Å². The molecular weight excluding hydrogens is 356 g/mol. The zero-order valence-corrected chi connectivity index (χ0v) is 16.1. The van der Waals surface area contributed by atoms with Crippen LogP contribution in [0.15, 0.2) is 12.4 Å². The molecule has 2 fully saturated rings. The van der Waals surface area contributed by atoms with Gasteiger partial charge in [-0.1, -0.05) is 11.6 Å². The highest BCUT2D eigenvalue weighted by atomic mass is 35.5. The fourth-order valence-electron chi connectivity index (χ4n) is 3.90. The highest BCUT2D eigenvalue weighted by Gasteiger charge is 2.35. The predicted octanol–water partition coefficient (Wildman–Crippen LogP) is 1.60. The molecule has 2 N–H and O–H groups in total. The number of ether oxygens (including phenoxy) is 2. The molecule has 3 atom stereocenters. The minimum absolute atomic E-state index is 0.0277. The molecule has 1 aromatic rings. The van der Waals surface area contributed by atoms with Crippen LogP contribution in [0, 0.1) is 5.92 Å². The number of methoxy groups -OCH3 is 1. The summed E-state index contributed by atoms with van der Waals surface area (Å²) in [5, 5.41) is 11.5. The predicted molar refractivity (Wildman–Crippen MR) is 99.1 cm³/mol. The van der Waals surface area contributed by atoms with Gasteiger partial charge < -0.3 is 20.1 Å². The van der Waals surface area contributed by atoms with Crippen LogP contribution in [-0.2, 0) is 20.8 Å².